The van der Waals surface area contributed by atoms with Crippen molar-refractivity contribution in [2.24, 2.45) is 5.92 Å². The molecule has 1 fully saturated rings. The summed E-state index contributed by atoms with van der Waals surface area (Å²) in [5, 5.41) is 12.1. The van der Waals surface area contributed by atoms with E-state index in [1.807, 2.05) is 38.1 Å². The number of benzene rings is 1. The van der Waals surface area contributed by atoms with Gasteiger partial charge >= 0.3 is 12.0 Å². The predicted molar refractivity (Wildman–Crippen MR) is 76.7 cm³/mol. The molecule has 1 aromatic rings. The number of carbonyl (C=O) groups is 2. The van der Waals surface area contributed by atoms with Crippen molar-refractivity contribution in [1.82, 2.24) is 4.90 Å². The number of carbonyl (C=O) groups excluding carboxylic acids is 1. The summed E-state index contributed by atoms with van der Waals surface area (Å²) in [6, 6.07) is 6.39. The van der Waals surface area contributed by atoms with Gasteiger partial charge < -0.3 is 15.3 Å². The van der Waals surface area contributed by atoms with Crippen molar-refractivity contribution < 1.29 is 14.7 Å². The van der Waals surface area contributed by atoms with Gasteiger partial charge in [0.1, 0.15) is 6.04 Å². The highest BCUT2D eigenvalue weighted by atomic mass is 16.4. The number of hydrogen-bond donors (Lipinski definition) is 2. The number of likely N-dealkylation sites (tertiary alicyclic amines) is 1. The van der Waals surface area contributed by atoms with E-state index in [-0.39, 0.29) is 6.03 Å². The molecule has 2 N–H and O–H groups in total. The van der Waals surface area contributed by atoms with E-state index in [0.29, 0.717) is 18.9 Å². The van der Waals surface area contributed by atoms with E-state index in [2.05, 4.69) is 5.32 Å². The van der Waals surface area contributed by atoms with Gasteiger partial charge in [-0.15, -0.1) is 0 Å². The Morgan fingerprint density at radius 1 is 1.35 bits per heavy atom. The largest absolute Gasteiger partial charge is 0.480 e. The SMILES string of the molecule is Cc1ccccc1NC(=O)N1CCC(C)CC1C(=O)O. The highest BCUT2D eigenvalue weighted by Gasteiger charge is 2.34. The van der Waals surface area contributed by atoms with Crippen molar-refractivity contribution >= 4 is 17.7 Å². The normalized spacial score (nSPS) is 22.4. The molecule has 2 amide bonds. The van der Waals surface area contributed by atoms with Gasteiger partial charge in [0.15, 0.2) is 0 Å². The van der Waals surface area contributed by atoms with Crippen molar-refractivity contribution in [2.45, 2.75) is 32.7 Å². The summed E-state index contributed by atoms with van der Waals surface area (Å²) in [4.78, 5) is 25.0. The zero-order valence-electron chi connectivity index (χ0n) is 11.8. The number of carboxylic acid groups (broad SMARTS) is 1. The third-order valence-corrected chi connectivity index (χ3v) is 3.80. The number of piperidine rings is 1. The highest BCUT2D eigenvalue weighted by molar-refractivity contribution is 5.93. The number of aryl methyl sites for hydroxylation is 1. The van der Waals surface area contributed by atoms with Gasteiger partial charge in [-0.25, -0.2) is 9.59 Å². The van der Waals surface area contributed by atoms with Crippen LogP contribution in [0.15, 0.2) is 24.3 Å². The molecular formula is C15H20N2O3. The Balaban J connectivity index is 2.11. The van der Waals surface area contributed by atoms with Gasteiger partial charge in [0.05, 0.1) is 0 Å². The van der Waals surface area contributed by atoms with Gasteiger partial charge in [-0.2, -0.15) is 0 Å². The van der Waals surface area contributed by atoms with Gasteiger partial charge in [0.2, 0.25) is 0 Å². The molecule has 0 aromatic heterocycles. The van der Waals surface area contributed by atoms with Gasteiger partial charge in [-0.1, -0.05) is 25.1 Å². The average molecular weight is 276 g/mol. The maximum absolute atomic E-state index is 12.3. The molecule has 2 rings (SSSR count). The second kappa shape index (κ2) is 5.94. The fraction of sp³-hybridized carbons (Fsp3) is 0.467. The van der Waals surface area contributed by atoms with Gasteiger partial charge in [-0.3, -0.25) is 0 Å². The molecule has 1 aliphatic rings. The predicted octanol–water partition coefficient (Wildman–Crippen LogP) is 2.71. The molecule has 20 heavy (non-hydrogen) atoms. The van der Waals surface area contributed by atoms with Crippen molar-refractivity contribution in [2.75, 3.05) is 11.9 Å². The Morgan fingerprint density at radius 2 is 2.05 bits per heavy atom. The summed E-state index contributed by atoms with van der Waals surface area (Å²) in [5.74, 6) is -0.602. The van der Waals surface area contributed by atoms with Crippen LogP contribution in [0.1, 0.15) is 25.3 Å². The fourth-order valence-electron chi connectivity index (χ4n) is 2.52. The lowest BCUT2D eigenvalue weighted by Crippen LogP contribution is -2.51. The minimum atomic E-state index is -0.934. The first-order valence-electron chi connectivity index (χ1n) is 6.85. The molecule has 1 aliphatic heterocycles. The molecule has 1 aromatic carbocycles. The molecule has 5 nitrogen and oxygen atoms in total. The molecule has 0 spiro atoms. The van der Waals surface area contributed by atoms with E-state index in [4.69, 9.17) is 0 Å². The highest BCUT2D eigenvalue weighted by Crippen LogP contribution is 2.24. The monoisotopic (exact) mass is 276 g/mol. The van der Waals surface area contributed by atoms with Gasteiger partial charge in [-0.05, 0) is 37.3 Å². The first-order chi connectivity index (χ1) is 9.49. The number of nitrogens with one attached hydrogen (secondary N) is 1. The van der Waals surface area contributed by atoms with E-state index in [0.717, 1.165) is 17.7 Å². The first-order valence-corrected chi connectivity index (χ1v) is 6.85. The van der Waals surface area contributed by atoms with Crippen molar-refractivity contribution in [3.8, 4) is 0 Å². The summed E-state index contributed by atoms with van der Waals surface area (Å²) in [6.45, 7) is 4.41. The minimum absolute atomic E-state index is 0.332. The van der Waals surface area contributed by atoms with Crippen molar-refractivity contribution in [3.63, 3.8) is 0 Å². The van der Waals surface area contributed by atoms with Crippen LogP contribution in [0.5, 0.6) is 0 Å². The summed E-state index contributed by atoms with van der Waals surface area (Å²) in [5.41, 5.74) is 1.68. The number of rotatable bonds is 2. The minimum Gasteiger partial charge on any atom is -0.480 e. The standard InChI is InChI=1S/C15H20N2O3/c1-10-7-8-17(13(9-10)14(18)19)15(20)16-12-6-4-3-5-11(12)2/h3-6,10,13H,7-9H2,1-2H3,(H,16,20)(H,18,19). The number of urea groups is 1. The molecule has 2 unspecified atom stereocenters. The summed E-state index contributed by atoms with van der Waals surface area (Å²) >= 11 is 0. The van der Waals surface area contributed by atoms with Crippen molar-refractivity contribution in [3.05, 3.63) is 29.8 Å². The molecule has 5 heteroatoms. The number of anilines is 1. The molecule has 2 atom stereocenters. The van der Waals surface area contributed by atoms with Gasteiger partial charge in [0, 0.05) is 12.2 Å². The molecule has 0 aliphatic carbocycles. The van der Waals surface area contributed by atoms with E-state index < -0.39 is 12.0 Å². The van der Waals surface area contributed by atoms with Crippen LogP contribution in [0, 0.1) is 12.8 Å². The third kappa shape index (κ3) is 3.10. The lowest BCUT2D eigenvalue weighted by atomic mass is 9.93. The molecule has 0 bridgehead atoms. The van der Waals surface area contributed by atoms with Crippen LogP contribution in [0.3, 0.4) is 0 Å². The molecule has 1 heterocycles. The Hall–Kier alpha value is -2.04. The number of aliphatic carboxylic acids is 1. The average Bonchev–Trinajstić information content (AvgIpc) is 2.41. The Bertz CT molecular complexity index is 516. The second-order valence-corrected chi connectivity index (χ2v) is 5.42. The molecule has 1 saturated heterocycles. The summed E-state index contributed by atoms with van der Waals surface area (Å²) in [7, 11) is 0. The van der Waals surface area contributed by atoms with E-state index in [1.165, 1.54) is 4.90 Å². The first kappa shape index (κ1) is 14.4. The number of nitrogens with zero attached hydrogens (tertiary/aromatic N) is 1. The van der Waals surface area contributed by atoms with E-state index in [9.17, 15) is 14.7 Å². The zero-order valence-corrected chi connectivity index (χ0v) is 11.8. The van der Waals surface area contributed by atoms with Crippen LogP contribution in [0.25, 0.3) is 0 Å². The van der Waals surface area contributed by atoms with Crippen LogP contribution in [0.4, 0.5) is 10.5 Å². The molecule has 0 radical (unpaired) electrons. The third-order valence-electron chi connectivity index (χ3n) is 3.80. The van der Waals surface area contributed by atoms with Crippen LogP contribution in [-0.2, 0) is 4.79 Å². The molecular weight excluding hydrogens is 256 g/mol. The maximum Gasteiger partial charge on any atom is 0.326 e. The van der Waals surface area contributed by atoms with Crippen LogP contribution in [0.2, 0.25) is 0 Å². The molecule has 108 valence electrons. The van der Waals surface area contributed by atoms with Crippen molar-refractivity contribution in [1.29, 1.82) is 0 Å². The van der Waals surface area contributed by atoms with Crippen LogP contribution in [-0.4, -0.2) is 34.6 Å². The Kier molecular flexibility index (Phi) is 4.27. The fourth-order valence-corrected chi connectivity index (χ4v) is 2.52. The second-order valence-electron chi connectivity index (χ2n) is 5.42. The smallest absolute Gasteiger partial charge is 0.326 e. The van der Waals surface area contributed by atoms with E-state index >= 15 is 0 Å². The van der Waals surface area contributed by atoms with E-state index in [1.54, 1.807) is 0 Å². The van der Waals surface area contributed by atoms with Crippen LogP contribution >= 0.6 is 0 Å². The summed E-state index contributed by atoms with van der Waals surface area (Å²) in [6.07, 6.45) is 1.35. The number of hydrogen-bond acceptors (Lipinski definition) is 2. The maximum atomic E-state index is 12.3. The van der Waals surface area contributed by atoms with Crippen LogP contribution < -0.4 is 5.32 Å². The topological polar surface area (TPSA) is 69.6 Å². The number of amides is 2. The number of carboxylic acids is 1. The molecule has 0 saturated carbocycles. The van der Waals surface area contributed by atoms with Gasteiger partial charge in [0.25, 0.3) is 0 Å². The lowest BCUT2D eigenvalue weighted by Gasteiger charge is -2.36. The summed E-state index contributed by atoms with van der Waals surface area (Å²) < 4.78 is 0. The Labute approximate surface area is 118 Å². The number of para-hydroxylation sites is 1. The quantitative estimate of drug-likeness (QED) is 0.872. The Morgan fingerprint density at radius 3 is 2.70 bits per heavy atom. The zero-order chi connectivity index (χ0) is 14.7. The lowest BCUT2D eigenvalue weighted by molar-refractivity contribution is -0.143.